The van der Waals surface area contributed by atoms with Gasteiger partial charge in [0.1, 0.15) is 5.75 Å². The average molecular weight is 359 g/mol. The van der Waals surface area contributed by atoms with E-state index in [0.717, 1.165) is 22.0 Å². The summed E-state index contributed by atoms with van der Waals surface area (Å²) in [7, 11) is 0. The van der Waals surface area contributed by atoms with Crippen molar-refractivity contribution >= 4 is 22.4 Å². The van der Waals surface area contributed by atoms with Crippen molar-refractivity contribution in [3.63, 3.8) is 0 Å². The molecule has 1 atom stereocenters. The van der Waals surface area contributed by atoms with Gasteiger partial charge in [-0.15, -0.1) is 10.2 Å². The van der Waals surface area contributed by atoms with Gasteiger partial charge in [-0.2, -0.15) is 0 Å². The number of ether oxygens (including phenoxy) is 1. The van der Waals surface area contributed by atoms with E-state index >= 15 is 0 Å². The molecule has 0 aliphatic rings. The summed E-state index contributed by atoms with van der Waals surface area (Å²) in [5.74, 6) is 0.800. The molecule has 1 unspecified atom stereocenters. The van der Waals surface area contributed by atoms with E-state index in [1.165, 1.54) is 6.39 Å². The number of hydrogen-bond donors (Lipinski definition) is 1. The van der Waals surface area contributed by atoms with E-state index in [0.29, 0.717) is 11.6 Å². The molecular formula is C21H17N3O3. The Balaban J connectivity index is 1.45. The third kappa shape index (κ3) is 3.64. The highest BCUT2D eigenvalue weighted by Crippen LogP contribution is 2.24. The van der Waals surface area contributed by atoms with Crippen LogP contribution in [0.15, 0.2) is 77.5 Å². The quantitative estimate of drug-likeness (QED) is 0.575. The maximum absolute atomic E-state index is 12.5. The van der Waals surface area contributed by atoms with Gasteiger partial charge < -0.3 is 14.5 Å². The van der Waals surface area contributed by atoms with E-state index in [2.05, 4.69) is 15.5 Å². The highest BCUT2D eigenvalue weighted by atomic mass is 16.5. The smallest absolute Gasteiger partial charge is 0.265 e. The number of rotatable bonds is 5. The fraction of sp³-hybridized carbons (Fsp3) is 0.0952. The van der Waals surface area contributed by atoms with Gasteiger partial charge in [-0.3, -0.25) is 4.79 Å². The van der Waals surface area contributed by atoms with E-state index in [4.69, 9.17) is 9.15 Å². The van der Waals surface area contributed by atoms with Crippen molar-refractivity contribution in [1.82, 2.24) is 10.2 Å². The number of anilines is 1. The van der Waals surface area contributed by atoms with Crippen LogP contribution in [0, 0.1) is 0 Å². The van der Waals surface area contributed by atoms with E-state index in [-0.39, 0.29) is 5.91 Å². The molecule has 6 nitrogen and oxygen atoms in total. The number of benzene rings is 3. The molecule has 0 radical (unpaired) electrons. The van der Waals surface area contributed by atoms with Crippen LogP contribution in [-0.2, 0) is 4.79 Å². The third-order valence-electron chi connectivity index (χ3n) is 4.19. The van der Waals surface area contributed by atoms with Crippen molar-refractivity contribution in [2.75, 3.05) is 5.32 Å². The molecule has 0 fully saturated rings. The van der Waals surface area contributed by atoms with Crippen molar-refractivity contribution in [3.05, 3.63) is 73.1 Å². The molecule has 0 aliphatic carbocycles. The standard InChI is InChI=1S/C21H17N3O3/c1-14(27-17-11-9-16(10-12-17)21-24-22-13-26-21)20(25)23-19-8-4-6-15-5-2-3-7-18(15)19/h2-14H,1H3,(H,23,25). The van der Waals surface area contributed by atoms with E-state index in [9.17, 15) is 4.79 Å². The Morgan fingerprint density at radius 1 is 1.04 bits per heavy atom. The predicted molar refractivity (Wildman–Crippen MR) is 102 cm³/mol. The summed E-state index contributed by atoms with van der Waals surface area (Å²) in [5, 5.41) is 12.5. The van der Waals surface area contributed by atoms with Gasteiger partial charge in [0.15, 0.2) is 6.10 Å². The minimum absolute atomic E-state index is 0.215. The second-order valence-electron chi connectivity index (χ2n) is 6.04. The number of fused-ring (bicyclic) bond motifs is 1. The van der Waals surface area contributed by atoms with Gasteiger partial charge in [-0.05, 0) is 42.6 Å². The van der Waals surface area contributed by atoms with Gasteiger partial charge in [0.2, 0.25) is 12.3 Å². The fourth-order valence-corrected chi connectivity index (χ4v) is 2.80. The molecule has 0 aliphatic heterocycles. The molecule has 3 aromatic carbocycles. The second-order valence-corrected chi connectivity index (χ2v) is 6.04. The molecule has 0 saturated carbocycles. The van der Waals surface area contributed by atoms with Crippen LogP contribution >= 0.6 is 0 Å². The van der Waals surface area contributed by atoms with Crippen LogP contribution in [0.2, 0.25) is 0 Å². The highest BCUT2D eigenvalue weighted by Gasteiger charge is 2.16. The lowest BCUT2D eigenvalue weighted by Crippen LogP contribution is -2.30. The molecule has 1 N–H and O–H groups in total. The Bertz CT molecular complexity index is 1050. The zero-order valence-corrected chi connectivity index (χ0v) is 14.6. The molecular weight excluding hydrogens is 342 g/mol. The number of hydrogen-bond acceptors (Lipinski definition) is 5. The Labute approximate surface area is 155 Å². The minimum Gasteiger partial charge on any atom is -0.481 e. The zero-order valence-electron chi connectivity index (χ0n) is 14.6. The first-order valence-corrected chi connectivity index (χ1v) is 8.52. The molecule has 0 spiro atoms. The normalized spacial score (nSPS) is 11.9. The van der Waals surface area contributed by atoms with Gasteiger partial charge in [0.05, 0.1) is 0 Å². The van der Waals surface area contributed by atoms with Crippen molar-refractivity contribution in [3.8, 4) is 17.2 Å². The second kappa shape index (κ2) is 7.29. The molecule has 1 amide bonds. The number of amides is 1. The summed E-state index contributed by atoms with van der Waals surface area (Å²) in [6.45, 7) is 1.71. The van der Waals surface area contributed by atoms with Crippen LogP contribution in [0.3, 0.4) is 0 Å². The lowest BCUT2D eigenvalue weighted by atomic mass is 10.1. The van der Waals surface area contributed by atoms with Gasteiger partial charge in [-0.25, -0.2) is 0 Å². The Hall–Kier alpha value is -3.67. The van der Waals surface area contributed by atoms with Crippen molar-refractivity contribution in [1.29, 1.82) is 0 Å². The van der Waals surface area contributed by atoms with Crippen LogP contribution < -0.4 is 10.1 Å². The lowest BCUT2D eigenvalue weighted by molar-refractivity contribution is -0.122. The van der Waals surface area contributed by atoms with Crippen LogP contribution in [0.1, 0.15) is 6.92 Å². The van der Waals surface area contributed by atoms with Crippen molar-refractivity contribution < 1.29 is 13.9 Å². The summed E-state index contributed by atoms with van der Waals surface area (Å²) in [6, 6.07) is 20.9. The van der Waals surface area contributed by atoms with Crippen molar-refractivity contribution in [2.45, 2.75) is 13.0 Å². The molecule has 4 rings (SSSR count). The first kappa shape index (κ1) is 16.8. The van der Waals surface area contributed by atoms with Crippen LogP contribution in [0.5, 0.6) is 5.75 Å². The molecule has 0 saturated heterocycles. The number of nitrogens with one attached hydrogen (secondary N) is 1. The van der Waals surface area contributed by atoms with E-state index < -0.39 is 6.10 Å². The Morgan fingerprint density at radius 2 is 1.81 bits per heavy atom. The van der Waals surface area contributed by atoms with Gasteiger partial charge in [0.25, 0.3) is 5.91 Å². The van der Waals surface area contributed by atoms with Gasteiger partial charge in [-0.1, -0.05) is 36.4 Å². The largest absolute Gasteiger partial charge is 0.481 e. The first-order chi connectivity index (χ1) is 13.2. The van der Waals surface area contributed by atoms with E-state index in [1.807, 2.05) is 42.5 Å². The maximum atomic E-state index is 12.5. The van der Waals surface area contributed by atoms with Crippen LogP contribution in [0.4, 0.5) is 5.69 Å². The summed E-state index contributed by atoms with van der Waals surface area (Å²) in [4.78, 5) is 12.5. The average Bonchev–Trinajstić information content (AvgIpc) is 3.23. The molecule has 4 aromatic rings. The van der Waals surface area contributed by atoms with Crippen molar-refractivity contribution in [2.24, 2.45) is 0 Å². The first-order valence-electron chi connectivity index (χ1n) is 8.52. The number of carbonyl (C=O) groups is 1. The molecule has 1 heterocycles. The topological polar surface area (TPSA) is 77.2 Å². The monoisotopic (exact) mass is 359 g/mol. The Kier molecular flexibility index (Phi) is 4.53. The van der Waals surface area contributed by atoms with Crippen LogP contribution in [-0.4, -0.2) is 22.2 Å². The number of aromatic nitrogens is 2. The Morgan fingerprint density at radius 3 is 2.59 bits per heavy atom. The maximum Gasteiger partial charge on any atom is 0.265 e. The molecule has 0 bridgehead atoms. The minimum atomic E-state index is -0.654. The number of carbonyl (C=O) groups excluding carboxylic acids is 1. The zero-order chi connectivity index (χ0) is 18.6. The predicted octanol–water partition coefficient (Wildman–Crippen LogP) is 4.30. The summed E-state index contributed by atoms with van der Waals surface area (Å²) < 4.78 is 10.9. The summed E-state index contributed by atoms with van der Waals surface area (Å²) >= 11 is 0. The van der Waals surface area contributed by atoms with E-state index in [1.54, 1.807) is 31.2 Å². The molecule has 1 aromatic heterocycles. The molecule has 134 valence electrons. The summed E-state index contributed by atoms with van der Waals surface area (Å²) in [5.41, 5.74) is 1.55. The molecule has 27 heavy (non-hydrogen) atoms. The molecule has 6 heteroatoms. The van der Waals surface area contributed by atoms with Gasteiger partial charge in [0, 0.05) is 16.6 Å². The van der Waals surface area contributed by atoms with Gasteiger partial charge >= 0.3 is 0 Å². The SMILES string of the molecule is CC(Oc1ccc(-c2nnco2)cc1)C(=O)Nc1cccc2ccccc12. The lowest BCUT2D eigenvalue weighted by Gasteiger charge is -2.16. The summed E-state index contributed by atoms with van der Waals surface area (Å²) in [6.07, 6.45) is 0.623. The fourth-order valence-electron chi connectivity index (χ4n) is 2.80. The van der Waals surface area contributed by atoms with Crippen LogP contribution in [0.25, 0.3) is 22.2 Å². The number of nitrogens with zero attached hydrogens (tertiary/aromatic N) is 2. The highest BCUT2D eigenvalue weighted by molar-refractivity contribution is 6.03. The third-order valence-corrected chi connectivity index (χ3v) is 4.19.